The molecule has 2 N–H and O–H groups in total. The Morgan fingerprint density at radius 1 is 1.10 bits per heavy atom. The summed E-state index contributed by atoms with van der Waals surface area (Å²) in [6, 6.07) is 16.9. The van der Waals surface area contributed by atoms with Gasteiger partial charge in [-0.3, -0.25) is 0 Å². The summed E-state index contributed by atoms with van der Waals surface area (Å²) >= 11 is 0. The maximum Gasteiger partial charge on any atom is 0.191 e. The van der Waals surface area contributed by atoms with Crippen LogP contribution in [0.4, 0.5) is 0 Å². The molecule has 0 aliphatic heterocycles. The second-order valence-electron chi connectivity index (χ2n) is 8.06. The van der Waals surface area contributed by atoms with Crippen molar-refractivity contribution in [3.05, 3.63) is 77.2 Å². The van der Waals surface area contributed by atoms with Gasteiger partial charge in [0.05, 0.1) is 12.2 Å². The zero-order valence-corrected chi connectivity index (χ0v) is 18.0. The Kier molecular flexibility index (Phi) is 5.84. The maximum atomic E-state index is 4.76. The summed E-state index contributed by atoms with van der Waals surface area (Å²) in [5.74, 6) is 1.68. The molecular weight excluding hydrogens is 372 g/mol. The summed E-state index contributed by atoms with van der Waals surface area (Å²) in [6.07, 6.45) is 4.33. The first-order valence-corrected chi connectivity index (χ1v) is 10.7. The lowest BCUT2D eigenvalue weighted by molar-refractivity contribution is 0.646. The highest BCUT2D eigenvalue weighted by atomic mass is 15.3. The number of pyridine rings is 1. The minimum absolute atomic E-state index is 0.250. The van der Waals surface area contributed by atoms with Crippen LogP contribution in [0.25, 0.3) is 5.82 Å². The molecule has 2 heterocycles. The van der Waals surface area contributed by atoms with Gasteiger partial charge in [-0.05, 0) is 56.9 Å². The number of aryl methyl sites for hydroxylation is 2. The molecule has 1 aliphatic carbocycles. The number of hydrogen-bond acceptors (Lipinski definition) is 3. The lowest BCUT2D eigenvalue weighted by Gasteiger charge is -2.19. The highest BCUT2D eigenvalue weighted by Gasteiger charge is 2.43. The van der Waals surface area contributed by atoms with E-state index in [-0.39, 0.29) is 5.41 Å². The molecule has 0 radical (unpaired) electrons. The lowest BCUT2D eigenvalue weighted by atomic mass is 9.96. The van der Waals surface area contributed by atoms with Crippen molar-refractivity contribution in [2.24, 2.45) is 4.99 Å². The Balaban J connectivity index is 1.40. The van der Waals surface area contributed by atoms with Gasteiger partial charge < -0.3 is 10.6 Å². The average molecular weight is 403 g/mol. The molecular formula is C24H30N6. The van der Waals surface area contributed by atoms with Crippen LogP contribution < -0.4 is 10.6 Å². The van der Waals surface area contributed by atoms with Gasteiger partial charge in [0.25, 0.3) is 0 Å². The predicted octanol–water partition coefficient (Wildman–Crippen LogP) is 3.67. The Hall–Kier alpha value is -3.15. The van der Waals surface area contributed by atoms with E-state index in [1.165, 1.54) is 18.4 Å². The fourth-order valence-corrected chi connectivity index (χ4v) is 3.77. The van der Waals surface area contributed by atoms with Crippen LogP contribution in [0.5, 0.6) is 0 Å². The Morgan fingerprint density at radius 2 is 1.90 bits per heavy atom. The van der Waals surface area contributed by atoms with Crippen LogP contribution in [0.15, 0.2) is 59.7 Å². The van der Waals surface area contributed by atoms with Crippen LogP contribution >= 0.6 is 0 Å². The van der Waals surface area contributed by atoms with Crippen molar-refractivity contribution in [1.29, 1.82) is 0 Å². The summed E-state index contributed by atoms with van der Waals surface area (Å²) in [7, 11) is 0. The molecule has 1 fully saturated rings. The first-order chi connectivity index (χ1) is 14.6. The third kappa shape index (κ3) is 4.53. The van der Waals surface area contributed by atoms with Gasteiger partial charge in [-0.2, -0.15) is 5.10 Å². The van der Waals surface area contributed by atoms with Crippen molar-refractivity contribution < 1.29 is 0 Å². The minimum atomic E-state index is 0.250. The van der Waals surface area contributed by atoms with Crippen molar-refractivity contribution in [2.75, 3.05) is 13.1 Å². The smallest absolute Gasteiger partial charge is 0.191 e. The molecule has 4 rings (SSSR count). The number of aliphatic imine (C=N–C) groups is 1. The molecule has 6 heteroatoms. The van der Waals surface area contributed by atoms with E-state index in [1.807, 2.05) is 30.8 Å². The number of rotatable bonds is 7. The summed E-state index contributed by atoms with van der Waals surface area (Å²) in [5, 5.41) is 11.4. The molecule has 0 bridgehead atoms. The van der Waals surface area contributed by atoms with Crippen LogP contribution in [0, 0.1) is 13.8 Å². The second kappa shape index (κ2) is 8.69. The maximum absolute atomic E-state index is 4.76. The van der Waals surface area contributed by atoms with Crippen LogP contribution in [0.2, 0.25) is 0 Å². The van der Waals surface area contributed by atoms with Gasteiger partial charge in [-0.1, -0.05) is 36.4 Å². The molecule has 30 heavy (non-hydrogen) atoms. The summed E-state index contributed by atoms with van der Waals surface area (Å²) in [6.45, 7) is 8.43. The van der Waals surface area contributed by atoms with Crippen molar-refractivity contribution in [3.8, 4) is 5.82 Å². The fraction of sp³-hybridized carbons (Fsp3) is 0.375. The van der Waals surface area contributed by atoms with E-state index in [0.29, 0.717) is 6.54 Å². The van der Waals surface area contributed by atoms with Gasteiger partial charge in [0, 0.05) is 30.4 Å². The molecule has 0 amide bonds. The minimum Gasteiger partial charge on any atom is -0.357 e. The first kappa shape index (κ1) is 20.1. The highest BCUT2D eigenvalue weighted by Crippen LogP contribution is 2.47. The van der Waals surface area contributed by atoms with Gasteiger partial charge in [0.1, 0.15) is 0 Å². The normalized spacial score (nSPS) is 15.1. The third-order valence-electron chi connectivity index (χ3n) is 5.63. The van der Waals surface area contributed by atoms with Crippen LogP contribution in [0.3, 0.4) is 0 Å². The van der Waals surface area contributed by atoms with E-state index in [0.717, 1.165) is 41.8 Å². The van der Waals surface area contributed by atoms with Crippen molar-refractivity contribution in [2.45, 2.75) is 45.6 Å². The molecule has 1 aromatic carbocycles. The van der Waals surface area contributed by atoms with E-state index >= 15 is 0 Å². The monoisotopic (exact) mass is 402 g/mol. The summed E-state index contributed by atoms with van der Waals surface area (Å²) < 4.78 is 1.87. The number of nitrogens with one attached hydrogen (secondary N) is 2. The molecule has 156 valence electrons. The van der Waals surface area contributed by atoms with Gasteiger partial charge in [0.2, 0.25) is 0 Å². The van der Waals surface area contributed by atoms with Gasteiger partial charge in [-0.15, -0.1) is 0 Å². The zero-order chi connectivity index (χ0) is 21.0. The molecule has 1 aliphatic rings. The van der Waals surface area contributed by atoms with E-state index in [4.69, 9.17) is 4.99 Å². The molecule has 0 spiro atoms. The van der Waals surface area contributed by atoms with Crippen molar-refractivity contribution in [3.63, 3.8) is 0 Å². The largest absolute Gasteiger partial charge is 0.357 e. The lowest BCUT2D eigenvalue weighted by Crippen LogP contribution is -2.41. The zero-order valence-electron chi connectivity index (χ0n) is 18.0. The number of nitrogens with zero attached hydrogens (tertiary/aromatic N) is 4. The van der Waals surface area contributed by atoms with Gasteiger partial charge in [0.15, 0.2) is 11.8 Å². The molecule has 1 saturated carbocycles. The van der Waals surface area contributed by atoms with E-state index in [9.17, 15) is 0 Å². The Labute approximate surface area is 178 Å². The molecule has 3 aromatic rings. The van der Waals surface area contributed by atoms with Gasteiger partial charge in [-0.25, -0.2) is 14.7 Å². The number of hydrogen-bond donors (Lipinski definition) is 2. The molecule has 0 unspecified atom stereocenters. The third-order valence-corrected chi connectivity index (χ3v) is 5.63. The quantitative estimate of drug-likeness (QED) is 0.467. The first-order valence-electron chi connectivity index (χ1n) is 10.7. The van der Waals surface area contributed by atoms with E-state index in [2.05, 4.69) is 70.1 Å². The highest BCUT2D eigenvalue weighted by molar-refractivity contribution is 5.80. The summed E-state index contributed by atoms with van der Waals surface area (Å²) in [5.41, 5.74) is 4.81. The predicted molar refractivity (Wildman–Crippen MR) is 121 cm³/mol. The molecule has 2 aromatic heterocycles. The SMILES string of the molecule is CCNC(=NCc1ccc(-n2nc(C)cc2C)nc1)NCC1(c2ccccc2)CC1. The van der Waals surface area contributed by atoms with Gasteiger partial charge >= 0.3 is 0 Å². The second-order valence-corrected chi connectivity index (χ2v) is 8.06. The summed E-state index contributed by atoms with van der Waals surface area (Å²) in [4.78, 5) is 9.34. The average Bonchev–Trinajstić information content (AvgIpc) is 3.49. The van der Waals surface area contributed by atoms with Crippen molar-refractivity contribution >= 4 is 5.96 Å². The standard InChI is InChI=1S/C24H30N6/c1-4-25-23(28-17-24(12-13-24)21-8-6-5-7-9-21)27-16-20-10-11-22(26-15-20)30-19(3)14-18(2)29-30/h5-11,14-15H,4,12-13,16-17H2,1-3H3,(H2,25,27,28). The van der Waals surface area contributed by atoms with E-state index < -0.39 is 0 Å². The fourth-order valence-electron chi connectivity index (χ4n) is 3.77. The molecule has 0 saturated heterocycles. The molecule has 0 atom stereocenters. The number of benzene rings is 1. The van der Waals surface area contributed by atoms with Crippen LogP contribution in [0.1, 0.15) is 42.3 Å². The van der Waals surface area contributed by atoms with Crippen LogP contribution in [-0.2, 0) is 12.0 Å². The Morgan fingerprint density at radius 3 is 2.50 bits per heavy atom. The Bertz CT molecular complexity index is 1000. The number of guanidine groups is 1. The molecule has 6 nitrogen and oxygen atoms in total. The van der Waals surface area contributed by atoms with Crippen LogP contribution in [-0.4, -0.2) is 33.8 Å². The number of aromatic nitrogens is 3. The topological polar surface area (TPSA) is 67.1 Å². The van der Waals surface area contributed by atoms with E-state index in [1.54, 1.807) is 0 Å². The van der Waals surface area contributed by atoms with Crippen molar-refractivity contribution in [1.82, 2.24) is 25.4 Å².